The quantitative estimate of drug-likeness (QED) is 0.619. The Bertz CT molecular complexity index is 1160. The second kappa shape index (κ2) is 9.53. The van der Waals surface area contributed by atoms with Crippen LogP contribution in [0.4, 0.5) is 22.9 Å². The summed E-state index contributed by atoms with van der Waals surface area (Å²) in [5.41, 5.74) is 3.01. The molecule has 0 saturated carbocycles. The lowest BCUT2D eigenvalue weighted by atomic mass is 10.00. The number of ether oxygens (including phenoxy) is 1. The number of rotatable bonds is 4. The molecule has 1 aromatic carbocycles. The standard InChI is InChI=1S/C25H31N7O3/c1-15-13-27-25(28-15)30-23(33)17-5-4-6-18(11-17)29-22-12-20-21(14-26-22)31(3)24(34)16(2)32(20)19-7-9-35-10-8-19/h4-6,11-12,14-16,19H,7-10,13H2,1-3H3,(H,26,29)(H2,27,28,30,33). The Morgan fingerprint density at radius 3 is 2.71 bits per heavy atom. The van der Waals surface area contributed by atoms with Crippen molar-refractivity contribution in [2.75, 3.05) is 41.9 Å². The first-order valence-corrected chi connectivity index (χ1v) is 12.0. The van der Waals surface area contributed by atoms with Gasteiger partial charge in [0.2, 0.25) is 5.91 Å². The molecule has 2 unspecified atom stereocenters. The van der Waals surface area contributed by atoms with Crippen LogP contribution in [0.3, 0.4) is 0 Å². The Morgan fingerprint density at radius 1 is 1.17 bits per heavy atom. The van der Waals surface area contributed by atoms with Gasteiger partial charge in [-0.1, -0.05) is 6.07 Å². The summed E-state index contributed by atoms with van der Waals surface area (Å²) < 4.78 is 5.55. The molecule has 5 rings (SSSR count). The highest BCUT2D eigenvalue weighted by molar-refractivity contribution is 6.07. The molecular weight excluding hydrogens is 446 g/mol. The second-order valence-electron chi connectivity index (χ2n) is 9.28. The third-order valence-electron chi connectivity index (χ3n) is 6.73. The molecule has 0 spiro atoms. The molecule has 3 N–H and O–H groups in total. The van der Waals surface area contributed by atoms with Gasteiger partial charge in [0.05, 0.1) is 24.1 Å². The molecule has 4 heterocycles. The van der Waals surface area contributed by atoms with Gasteiger partial charge in [-0.3, -0.25) is 19.9 Å². The first-order chi connectivity index (χ1) is 16.9. The van der Waals surface area contributed by atoms with Gasteiger partial charge in [-0.25, -0.2) is 4.98 Å². The number of hydrogen-bond acceptors (Lipinski definition) is 8. The van der Waals surface area contributed by atoms with Gasteiger partial charge < -0.3 is 25.2 Å². The van der Waals surface area contributed by atoms with E-state index in [4.69, 9.17) is 4.74 Å². The number of hydrogen-bond donors (Lipinski definition) is 3. The molecule has 1 fully saturated rings. The van der Waals surface area contributed by atoms with Crippen LogP contribution >= 0.6 is 0 Å². The van der Waals surface area contributed by atoms with Gasteiger partial charge in [-0.2, -0.15) is 0 Å². The summed E-state index contributed by atoms with van der Waals surface area (Å²) in [5, 5.41) is 9.27. The van der Waals surface area contributed by atoms with Crippen LogP contribution in [0.25, 0.3) is 0 Å². The number of fused-ring (bicyclic) bond motifs is 1. The number of benzene rings is 1. The van der Waals surface area contributed by atoms with Crippen molar-refractivity contribution >= 4 is 40.7 Å². The molecule has 1 saturated heterocycles. The zero-order valence-electron chi connectivity index (χ0n) is 20.2. The average Bonchev–Trinajstić information content (AvgIpc) is 3.28. The number of guanidine groups is 1. The minimum Gasteiger partial charge on any atom is -0.381 e. The van der Waals surface area contributed by atoms with E-state index in [1.165, 1.54) is 0 Å². The molecule has 10 heteroatoms. The van der Waals surface area contributed by atoms with Gasteiger partial charge >= 0.3 is 0 Å². The van der Waals surface area contributed by atoms with Crippen molar-refractivity contribution in [2.45, 2.75) is 44.8 Å². The number of anilines is 4. The maximum atomic E-state index is 12.9. The van der Waals surface area contributed by atoms with Gasteiger partial charge in [0.1, 0.15) is 11.9 Å². The number of aromatic nitrogens is 1. The lowest BCUT2D eigenvalue weighted by molar-refractivity contribution is -0.119. The van der Waals surface area contributed by atoms with Crippen LogP contribution < -0.4 is 25.8 Å². The molecule has 0 aliphatic carbocycles. The minimum absolute atomic E-state index is 0.0564. The third-order valence-corrected chi connectivity index (χ3v) is 6.73. The molecule has 10 nitrogen and oxygen atoms in total. The van der Waals surface area contributed by atoms with Crippen LogP contribution in [0.5, 0.6) is 0 Å². The number of nitrogens with zero attached hydrogens (tertiary/aromatic N) is 4. The number of aliphatic imine (C=N–C) groups is 1. The number of likely N-dealkylation sites (N-methyl/N-ethyl adjacent to an activating group) is 1. The number of amides is 2. The highest BCUT2D eigenvalue weighted by atomic mass is 16.5. The fraction of sp³-hybridized carbons (Fsp3) is 0.440. The van der Waals surface area contributed by atoms with E-state index in [0.717, 1.165) is 29.9 Å². The maximum Gasteiger partial charge on any atom is 0.258 e. The Hall–Kier alpha value is -3.66. The monoisotopic (exact) mass is 477 g/mol. The van der Waals surface area contributed by atoms with E-state index in [0.29, 0.717) is 37.1 Å². The summed E-state index contributed by atoms with van der Waals surface area (Å²) in [7, 11) is 1.79. The normalized spacial score (nSPS) is 22.4. The van der Waals surface area contributed by atoms with E-state index < -0.39 is 0 Å². The summed E-state index contributed by atoms with van der Waals surface area (Å²) in [4.78, 5) is 38.3. The van der Waals surface area contributed by atoms with Gasteiger partial charge in [-0.15, -0.1) is 0 Å². The fourth-order valence-electron chi connectivity index (χ4n) is 4.87. The highest BCUT2D eigenvalue weighted by Crippen LogP contribution is 2.39. The summed E-state index contributed by atoms with van der Waals surface area (Å²) in [6, 6.07) is 9.41. The Labute approximate surface area is 204 Å². The SMILES string of the molecule is CC1CN=C(NC(=O)c2cccc(Nc3cc4c(cn3)N(C)C(=O)C(C)N4C3CCOCC3)c2)N1. The Balaban J connectivity index is 1.38. The van der Waals surface area contributed by atoms with Gasteiger partial charge in [-0.05, 0) is 44.9 Å². The zero-order valence-corrected chi connectivity index (χ0v) is 20.2. The predicted octanol–water partition coefficient (Wildman–Crippen LogP) is 2.25. The smallest absolute Gasteiger partial charge is 0.258 e. The molecule has 3 aliphatic heterocycles. The van der Waals surface area contributed by atoms with Crippen molar-refractivity contribution in [1.29, 1.82) is 0 Å². The van der Waals surface area contributed by atoms with Crippen LogP contribution in [-0.4, -0.2) is 67.7 Å². The molecular formula is C25H31N7O3. The molecule has 2 atom stereocenters. The van der Waals surface area contributed by atoms with Crippen LogP contribution in [0.2, 0.25) is 0 Å². The van der Waals surface area contributed by atoms with E-state index in [-0.39, 0.29) is 29.9 Å². The lowest BCUT2D eigenvalue weighted by Gasteiger charge is -2.45. The maximum absolute atomic E-state index is 12.9. The van der Waals surface area contributed by atoms with Crippen LogP contribution in [0, 0.1) is 0 Å². The van der Waals surface area contributed by atoms with Gasteiger partial charge in [0.15, 0.2) is 5.96 Å². The van der Waals surface area contributed by atoms with Crippen molar-refractivity contribution in [2.24, 2.45) is 4.99 Å². The van der Waals surface area contributed by atoms with E-state index in [1.54, 1.807) is 30.3 Å². The van der Waals surface area contributed by atoms with Crippen LogP contribution in [0.15, 0.2) is 41.5 Å². The van der Waals surface area contributed by atoms with Crippen molar-refractivity contribution in [1.82, 2.24) is 15.6 Å². The summed E-state index contributed by atoms with van der Waals surface area (Å²) in [6.07, 6.45) is 3.49. The van der Waals surface area contributed by atoms with Gasteiger partial charge in [0.25, 0.3) is 5.91 Å². The Morgan fingerprint density at radius 2 is 1.97 bits per heavy atom. The molecule has 184 valence electrons. The lowest BCUT2D eigenvalue weighted by Crippen LogP contribution is -2.55. The molecule has 3 aliphatic rings. The number of carbonyl (C=O) groups excluding carboxylic acids is 2. The number of pyridine rings is 1. The van der Waals surface area contributed by atoms with Crippen molar-refractivity contribution < 1.29 is 14.3 Å². The largest absolute Gasteiger partial charge is 0.381 e. The van der Waals surface area contributed by atoms with Crippen molar-refractivity contribution in [3.05, 3.63) is 42.1 Å². The third kappa shape index (κ3) is 4.66. The number of nitrogens with one attached hydrogen (secondary N) is 3. The van der Waals surface area contributed by atoms with Crippen molar-refractivity contribution in [3.8, 4) is 0 Å². The van der Waals surface area contributed by atoms with E-state index in [1.807, 2.05) is 32.0 Å². The second-order valence-corrected chi connectivity index (χ2v) is 9.28. The fourth-order valence-corrected chi connectivity index (χ4v) is 4.87. The molecule has 0 bridgehead atoms. The summed E-state index contributed by atoms with van der Waals surface area (Å²) >= 11 is 0. The average molecular weight is 478 g/mol. The first kappa shape index (κ1) is 23.1. The topological polar surface area (TPSA) is 111 Å². The molecule has 35 heavy (non-hydrogen) atoms. The van der Waals surface area contributed by atoms with Crippen LogP contribution in [0.1, 0.15) is 37.0 Å². The van der Waals surface area contributed by atoms with E-state index >= 15 is 0 Å². The molecule has 2 amide bonds. The van der Waals surface area contributed by atoms with E-state index in [2.05, 4.69) is 30.8 Å². The molecule has 0 radical (unpaired) electrons. The Kier molecular flexibility index (Phi) is 6.29. The summed E-state index contributed by atoms with van der Waals surface area (Å²) in [6.45, 7) is 6.00. The predicted molar refractivity (Wildman–Crippen MR) is 136 cm³/mol. The summed E-state index contributed by atoms with van der Waals surface area (Å²) in [5.74, 6) is 0.968. The molecule has 1 aromatic heterocycles. The molecule has 2 aromatic rings. The number of carbonyl (C=O) groups is 2. The van der Waals surface area contributed by atoms with E-state index in [9.17, 15) is 9.59 Å². The minimum atomic E-state index is -0.271. The van der Waals surface area contributed by atoms with Crippen LogP contribution in [-0.2, 0) is 9.53 Å². The first-order valence-electron chi connectivity index (χ1n) is 12.0. The van der Waals surface area contributed by atoms with Crippen molar-refractivity contribution in [3.63, 3.8) is 0 Å². The van der Waals surface area contributed by atoms with Gasteiger partial charge in [0, 0.05) is 49.7 Å². The zero-order chi connectivity index (χ0) is 24.5. The highest BCUT2D eigenvalue weighted by Gasteiger charge is 2.38.